The number of carbonyl (C=O) groups excluding carboxylic acids is 1. The van der Waals surface area contributed by atoms with Crippen LogP contribution in [0.5, 0.6) is 5.75 Å². The highest BCUT2D eigenvalue weighted by Crippen LogP contribution is 2.15. The van der Waals surface area contributed by atoms with E-state index in [1.807, 2.05) is 54.6 Å². The molecule has 90 valence electrons. The fourth-order valence-corrected chi connectivity index (χ4v) is 1.60. The number of hydrogen-bond acceptors (Lipinski definition) is 3. The van der Waals surface area contributed by atoms with E-state index in [0.717, 1.165) is 16.9 Å². The van der Waals surface area contributed by atoms with Crippen LogP contribution in [0.2, 0.25) is 0 Å². The van der Waals surface area contributed by atoms with E-state index >= 15 is 0 Å². The summed E-state index contributed by atoms with van der Waals surface area (Å²) in [6.07, 6.45) is 1.53. The summed E-state index contributed by atoms with van der Waals surface area (Å²) >= 11 is 0. The lowest BCUT2D eigenvalue weighted by Gasteiger charge is -2.07. The second-order valence-corrected chi connectivity index (χ2v) is 3.83. The molecule has 3 heteroatoms. The van der Waals surface area contributed by atoms with Gasteiger partial charge in [0, 0.05) is 0 Å². The molecule has 0 heterocycles. The Balaban J connectivity index is 1.99. The van der Waals surface area contributed by atoms with Crippen LogP contribution in [0.1, 0.15) is 11.1 Å². The predicted octanol–water partition coefficient (Wildman–Crippen LogP) is 3.10. The fraction of sp³-hybridized carbons (Fsp3) is 0.133. The van der Waals surface area contributed by atoms with E-state index in [1.165, 1.54) is 6.08 Å². The molecule has 0 aliphatic rings. The van der Waals surface area contributed by atoms with Crippen LogP contribution >= 0.6 is 0 Å². The van der Waals surface area contributed by atoms with Crippen LogP contribution in [-0.2, 0) is 17.9 Å². The topological polar surface area (TPSA) is 38.7 Å². The molecule has 0 spiro atoms. The number of hydrogen-bond donors (Lipinski definition) is 0. The van der Waals surface area contributed by atoms with E-state index < -0.39 is 0 Å². The summed E-state index contributed by atoms with van der Waals surface area (Å²) in [4.78, 5) is 13.6. The lowest BCUT2D eigenvalue weighted by molar-refractivity contribution is 0.306. The molecular weight excluding hydrogens is 226 g/mol. The van der Waals surface area contributed by atoms with Gasteiger partial charge < -0.3 is 4.74 Å². The molecule has 3 nitrogen and oxygen atoms in total. The molecule has 18 heavy (non-hydrogen) atoms. The maximum absolute atomic E-state index is 10.1. The van der Waals surface area contributed by atoms with Crippen molar-refractivity contribution in [1.29, 1.82) is 0 Å². The van der Waals surface area contributed by atoms with E-state index in [4.69, 9.17) is 4.74 Å². The third-order valence-corrected chi connectivity index (χ3v) is 2.47. The van der Waals surface area contributed by atoms with Crippen LogP contribution in [0.15, 0.2) is 59.6 Å². The van der Waals surface area contributed by atoms with E-state index in [9.17, 15) is 4.79 Å². The standard InChI is InChI=1S/C15H13NO2/c17-12-16-10-14-7-4-8-15(9-14)18-11-13-5-2-1-3-6-13/h1-9H,10-11H2. The highest BCUT2D eigenvalue weighted by atomic mass is 16.5. The average molecular weight is 239 g/mol. The van der Waals surface area contributed by atoms with Gasteiger partial charge in [-0.2, -0.15) is 0 Å². The van der Waals surface area contributed by atoms with Gasteiger partial charge >= 0.3 is 0 Å². The van der Waals surface area contributed by atoms with E-state index in [0.29, 0.717) is 13.2 Å². The quantitative estimate of drug-likeness (QED) is 0.594. The molecule has 0 fully saturated rings. The summed E-state index contributed by atoms with van der Waals surface area (Å²) in [5.74, 6) is 0.775. The molecule has 0 unspecified atom stereocenters. The molecule has 0 amide bonds. The van der Waals surface area contributed by atoms with E-state index in [2.05, 4.69) is 4.99 Å². The van der Waals surface area contributed by atoms with Gasteiger partial charge in [0.1, 0.15) is 12.4 Å². The first-order valence-electron chi connectivity index (χ1n) is 5.68. The lowest BCUT2D eigenvalue weighted by atomic mass is 10.2. The minimum atomic E-state index is 0.339. The summed E-state index contributed by atoms with van der Waals surface area (Å²) in [7, 11) is 0. The Morgan fingerprint density at radius 3 is 2.56 bits per heavy atom. The van der Waals surface area contributed by atoms with Gasteiger partial charge in [-0.3, -0.25) is 0 Å². The van der Waals surface area contributed by atoms with Crippen LogP contribution in [-0.4, -0.2) is 6.08 Å². The number of benzene rings is 2. The highest BCUT2D eigenvalue weighted by molar-refractivity contribution is 5.35. The van der Waals surface area contributed by atoms with Crippen LogP contribution in [0.25, 0.3) is 0 Å². The highest BCUT2D eigenvalue weighted by Gasteiger charge is 1.97. The van der Waals surface area contributed by atoms with Crippen molar-refractivity contribution in [2.75, 3.05) is 0 Å². The van der Waals surface area contributed by atoms with Gasteiger partial charge in [0.15, 0.2) is 0 Å². The van der Waals surface area contributed by atoms with Gasteiger partial charge in [0.2, 0.25) is 6.08 Å². The smallest absolute Gasteiger partial charge is 0.235 e. The van der Waals surface area contributed by atoms with Crippen molar-refractivity contribution in [3.8, 4) is 5.75 Å². The number of rotatable bonds is 5. The molecule has 2 rings (SSSR count). The van der Waals surface area contributed by atoms with E-state index in [-0.39, 0.29) is 0 Å². The molecule has 0 atom stereocenters. The Labute approximate surface area is 106 Å². The maximum Gasteiger partial charge on any atom is 0.235 e. The van der Waals surface area contributed by atoms with Crippen molar-refractivity contribution < 1.29 is 9.53 Å². The van der Waals surface area contributed by atoms with Crippen molar-refractivity contribution in [3.63, 3.8) is 0 Å². The Morgan fingerprint density at radius 2 is 1.78 bits per heavy atom. The Bertz CT molecular complexity index is 545. The zero-order valence-corrected chi connectivity index (χ0v) is 9.87. The van der Waals surface area contributed by atoms with Crippen molar-refractivity contribution in [3.05, 3.63) is 65.7 Å². The molecule has 0 saturated carbocycles. The van der Waals surface area contributed by atoms with Crippen molar-refractivity contribution in [1.82, 2.24) is 0 Å². The van der Waals surface area contributed by atoms with Crippen molar-refractivity contribution >= 4 is 6.08 Å². The summed E-state index contributed by atoms with van der Waals surface area (Å²) in [6.45, 7) is 0.868. The molecule has 0 bridgehead atoms. The molecule has 2 aromatic rings. The maximum atomic E-state index is 10.1. The second kappa shape index (κ2) is 6.38. The Morgan fingerprint density at radius 1 is 1.00 bits per heavy atom. The van der Waals surface area contributed by atoms with Gasteiger partial charge in [-0.05, 0) is 23.3 Å². The predicted molar refractivity (Wildman–Crippen MR) is 69.0 cm³/mol. The lowest BCUT2D eigenvalue weighted by Crippen LogP contribution is -1.95. The SMILES string of the molecule is O=C=NCc1cccc(OCc2ccccc2)c1. The van der Waals surface area contributed by atoms with Crippen LogP contribution in [0, 0.1) is 0 Å². The zero-order valence-electron chi connectivity index (χ0n) is 9.87. The van der Waals surface area contributed by atoms with Gasteiger partial charge in [-0.25, -0.2) is 9.79 Å². The number of isocyanates is 1. The largest absolute Gasteiger partial charge is 0.489 e. The molecular formula is C15H13NO2. The Kier molecular flexibility index (Phi) is 4.28. The molecule has 0 aromatic heterocycles. The van der Waals surface area contributed by atoms with Crippen molar-refractivity contribution in [2.24, 2.45) is 4.99 Å². The van der Waals surface area contributed by atoms with Gasteiger partial charge in [-0.1, -0.05) is 42.5 Å². The van der Waals surface area contributed by atoms with Gasteiger partial charge in [0.05, 0.1) is 6.54 Å². The van der Waals surface area contributed by atoms with Crippen molar-refractivity contribution in [2.45, 2.75) is 13.2 Å². The second-order valence-electron chi connectivity index (χ2n) is 3.83. The number of aliphatic imine (C=N–C) groups is 1. The first kappa shape index (κ1) is 12.1. The van der Waals surface area contributed by atoms with Crippen LogP contribution in [0.4, 0.5) is 0 Å². The minimum Gasteiger partial charge on any atom is -0.489 e. The molecule has 0 N–H and O–H groups in total. The van der Waals surface area contributed by atoms with Crippen LogP contribution < -0.4 is 4.74 Å². The minimum absolute atomic E-state index is 0.339. The third-order valence-electron chi connectivity index (χ3n) is 2.47. The summed E-state index contributed by atoms with van der Waals surface area (Å²) in [6, 6.07) is 17.5. The van der Waals surface area contributed by atoms with Gasteiger partial charge in [0.25, 0.3) is 0 Å². The molecule has 0 aliphatic carbocycles. The average Bonchev–Trinajstić information content (AvgIpc) is 2.44. The van der Waals surface area contributed by atoms with Crippen LogP contribution in [0.3, 0.4) is 0 Å². The molecule has 0 saturated heterocycles. The summed E-state index contributed by atoms with van der Waals surface area (Å²) in [5.41, 5.74) is 2.05. The Hall–Kier alpha value is -2.38. The first-order valence-corrected chi connectivity index (χ1v) is 5.68. The molecule has 0 radical (unpaired) electrons. The molecule has 0 aliphatic heterocycles. The normalized spacial score (nSPS) is 9.56. The number of nitrogens with zero attached hydrogens (tertiary/aromatic N) is 1. The fourth-order valence-electron chi connectivity index (χ4n) is 1.60. The number of ether oxygens (including phenoxy) is 1. The van der Waals surface area contributed by atoms with E-state index in [1.54, 1.807) is 0 Å². The van der Waals surface area contributed by atoms with Gasteiger partial charge in [-0.15, -0.1) is 0 Å². The monoisotopic (exact) mass is 239 g/mol. The summed E-state index contributed by atoms with van der Waals surface area (Å²) < 4.78 is 5.67. The molecule has 2 aromatic carbocycles. The third kappa shape index (κ3) is 3.58. The first-order chi connectivity index (χ1) is 8.88. The summed E-state index contributed by atoms with van der Waals surface area (Å²) in [5, 5.41) is 0. The zero-order chi connectivity index (χ0) is 12.6.